The van der Waals surface area contributed by atoms with Gasteiger partial charge in [-0.05, 0) is 0 Å². The standard InChI is InChI=1S/C7H10ClN3O2/c8-6-1-7(10-4-9-6)11-5(2-12)3-13/h1,4-5,12-13H,2-3H2,(H,9,10,11). The molecule has 3 N–H and O–H groups in total. The number of aliphatic hydroxyl groups is 2. The van der Waals surface area contributed by atoms with Gasteiger partial charge in [0.1, 0.15) is 17.3 Å². The summed E-state index contributed by atoms with van der Waals surface area (Å²) in [6.07, 6.45) is 1.30. The van der Waals surface area contributed by atoms with Gasteiger partial charge in [-0.25, -0.2) is 9.97 Å². The van der Waals surface area contributed by atoms with Gasteiger partial charge in [-0.15, -0.1) is 0 Å². The summed E-state index contributed by atoms with van der Waals surface area (Å²) >= 11 is 5.60. The monoisotopic (exact) mass is 203 g/mol. The van der Waals surface area contributed by atoms with Crippen LogP contribution >= 0.6 is 11.6 Å². The molecule has 0 aliphatic heterocycles. The highest BCUT2D eigenvalue weighted by molar-refractivity contribution is 6.29. The molecule has 0 aliphatic rings. The Hall–Kier alpha value is -0.910. The highest BCUT2D eigenvalue weighted by Gasteiger charge is 2.05. The second kappa shape index (κ2) is 4.96. The molecule has 1 rings (SSSR count). The van der Waals surface area contributed by atoms with Crippen LogP contribution in [0.1, 0.15) is 0 Å². The summed E-state index contributed by atoms with van der Waals surface area (Å²) in [5, 5.41) is 20.6. The lowest BCUT2D eigenvalue weighted by Gasteiger charge is -2.13. The molecule has 1 heterocycles. The topological polar surface area (TPSA) is 78.3 Å². The van der Waals surface area contributed by atoms with Gasteiger partial charge < -0.3 is 15.5 Å². The minimum absolute atomic E-state index is 0.169. The van der Waals surface area contributed by atoms with E-state index in [0.29, 0.717) is 11.0 Å². The smallest absolute Gasteiger partial charge is 0.134 e. The molecule has 0 aliphatic carbocycles. The van der Waals surface area contributed by atoms with Crippen molar-refractivity contribution in [3.05, 3.63) is 17.5 Å². The van der Waals surface area contributed by atoms with Crippen molar-refractivity contribution >= 4 is 17.4 Å². The van der Waals surface area contributed by atoms with E-state index in [1.165, 1.54) is 12.4 Å². The Morgan fingerprint density at radius 2 is 2.08 bits per heavy atom. The molecule has 0 amide bonds. The molecule has 0 radical (unpaired) electrons. The van der Waals surface area contributed by atoms with Gasteiger partial charge in [0.05, 0.1) is 19.3 Å². The van der Waals surface area contributed by atoms with Gasteiger partial charge in [0.15, 0.2) is 0 Å². The number of halogens is 1. The van der Waals surface area contributed by atoms with Gasteiger partial charge in [-0.1, -0.05) is 11.6 Å². The maximum absolute atomic E-state index is 8.76. The summed E-state index contributed by atoms with van der Waals surface area (Å²) in [6, 6.07) is 1.09. The molecule has 0 spiro atoms. The van der Waals surface area contributed by atoms with Crippen LogP contribution in [-0.2, 0) is 0 Å². The number of nitrogens with zero attached hydrogens (tertiary/aromatic N) is 2. The number of anilines is 1. The minimum atomic E-state index is -0.425. The lowest BCUT2D eigenvalue weighted by Crippen LogP contribution is -2.28. The van der Waals surface area contributed by atoms with Crippen LogP contribution in [0.15, 0.2) is 12.4 Å². The quantitative estimate of drug-likeness (QED) is 0.596. The van der Waals surface area contributed by atoms with E-state index in [-0.39, 0.29) is 13.2 Å². The average molecular weight is 204 g/mol. The molecule has 1 aromatic rings. The van der Waals surface area contributed by atoms with Crippen LogP contribution < -0.4 is 5.32 Å². The first kappa shape index (κ1) is 10.2. The number of aliphatic hydroxyl groups excluding tert-OH is 2. The van der Waals surface area contributed by atoms with Crippen molar-refractivity contribution in [3.63, 3.8) is 0 Å². The van der Waals surface area contributed by atoms with Crippen molar-refractivity contribution in [2.24, 2.45) is 0 Å². The van der Waals surface area contributed by atoms with E-state index in [0.717, 1.165) is 0 Å². The summed E-state index contributed by atoms with van der Waals surface area (Å²) in [4.78, 5) is 7.53. The molecule has 13 heavy (non-hydrogen) atoms. The zero-order valence-electron chi connectivity index (χ0n) is 6.81. The Balaban J connectivity index is 2.62. The average Bonchev–Trinajstić information content (AvgIpc) is 2.14. The largest absolute Gasteiger partial charge is 0.394 e. The zero-order valence-corrected chi connectivity index (χ0v) is 7.57. The van der Waals surface area contributed by atoms with E-state index in [4.69, 9.17) is 21.8 Å². The fraction of sp³-hybridized carbons (Fsp3) is 0.429. The first-order valence-corrected chi connectivity index (χ1v) is 4.10. The van der Waals surface area contributed by atoms with Crippen LogP contribution in [-0.4, -0.2) is 39.4 Å². The number of aromatic nitrogens is 2. The fourth-order valence-corrected chi connectivity index (χ4v) is 0.918. The molecule has 72 valence electrons. The van der Waals surface area contributed by atoms with Gasteiger partial charge in [-0.3, -0.25) is 0 Å². The van der Waals surface area contributed by atoms with Gasteiger partial charge in [-0.2, -0.15) is 0 Å². The third-order valence-electron chi connectivity index (χ3n) is 1.43. The van der Waals surface area contributed by atoms with Gasteiger partial charge in [0.25, 0.3) is 0 Å². The summed E-state index contributed by atoms with van der Waals surface area (Å²) in [5.41, 5.74) is 0. The molecule has 1 aromatic heterocycles. The first-order valence-electron chi connectivity index (χ1n) is 3.72. The Morgan fingerprint density at radius 3 is 2.62 bits per heavy atom. The van der Waals surface area contributed by atoms with Crippen molar-refractivity contribution in [1.29, 1.82) is 0 Å². The van der Waals surface area contributed by atoms with Crippen LogP contribution in [0.25, 0.3) is 0 Å². The highest BCUT2D eigenvalue weighted by atomic mass is 35.5. The Bertz CT molecular complexity index is 268. The molecule has 0 unspecified atom stereocenters. The molecule has 5 nitrogen and oxygen atoms in total. The number of nitrogens with one attached hydrogen (secondary N) is 1. The van der Waals surface area contributed by atoms with E-state index >= 15 is 0 Å². The lowest BCUT2D eigenvalue weighted by molar-refractivity contribution is 0.203. The van der Waals surface area contributed by atoms with Crippen LogP contribution in [0.4, 0.5) is 5.82 Å². The van der Waals surface area contributed by atoms with E-state index in [1.807, 2.05) is 0 Å². The Morgan fingerprint density at radius 1 is 1.38 bits per heavy atom. The van der Waals surface area contributed by atoms with Gasteiger partial charge in [0.2, 0.25) is 0 Å². The van der Waals surface area contributed by atoms with E-state index in [9.17, 15) is 0 Å². The van der Waals surface area contributed by atoms with Gasteiger partial charge in [0, 0.05) is 6.07 Å². The van der Waals surface area contributed by atoms with Crippen LogP contribution in [0, 0.1) is 0 Å². The molecule has 0 fully saturated rings. The van der Waals surface area contributed by atoms with Crippen molar-refractivity contribution in [2.75, 3.05) is 18.5 Å². The molecule has 0 saturated carbocycles. The van der Waals surface area contributed by atoms with Crippen molar-refractivity contribution in [1.82, 2.24) is 9.97 Å². The summed E-state index contributed by atoms with van der Waals surface area (Å²) in [7, 11) is 0. The Labute approximate surface area is 80.4 Å². The zero-order chi connectivity index (χ0) is 9.68. The number of hydrogen-bond acceptors (Lipinski definition) is 5. The minimum Gasteiger partial charge on any atom is -0.394 e. The van der Waals surface area contributed by atoms with E-state index < -0.39 is 6.04 Å². The predicted molar refractivity (Wildman–Crippen MR) is 48.6 cm³/mol. The second-order valence-corrected chi connectivity index (χ2v) is 2.82. The molecule has 0 atom stereocenters. The van der Waals surface area contributed by atoms with Crippen molar-refractivity contribution in [3.8, 4) is 0 Å². The van der Waals surface area contributed by atoms with Gasteiger partial charge >= 0.3 is 0 Å². The molecular weight excluding hydrogens is 194 g/mol. The number of rotatable bonds is 4. The highest BCUT2D eigenvalue weighted by Crippen LogP contribution is 2.09. The molecule has 0 saturated heterocycles. The fourth-order valence-electron chi connectivity index (χ4n) is 0.771. The van der Waals surface area contributed by atoms with Crippen LogP contribution in [0.3, 0.4) is 0 Å². The Kier molecular flexibility index (Phi) is 3.88. The second-order valence-electron chi connectivity index (χ2n) is 2.43. The molecular formula is C7H10ClN3O2. The maximum atomic E-state index is 8.76. The third kappa shape index (κ3) is 3.14. The van der Waals surface area contributed by atoms with Crippen LogP contribution in [0.5, 0.6) is 0 Å². The maximum Gasteiger partial charge on any atom is 0.134 e. The van der Waals surface area contributed by atoms with Crippen molar-refractivity contribution in [2.45, 2.75) is 6.04 Å². The normalized spacial score (nSPS) is 10.5. The van der Waals surface area contributed by atoms with E-state index in [1.54, 1.807) is 0 Å². The van der Waals surface area contributed by atoms with Crippen molar-refractivity contribution < 1.29 is 10.2 Å². The predicted octanol–water partition coefficient (Wildman–Crippen LogP) is -0.105. The van der Waals surface area contributed by atoms with E-state index in [2.05, 4.69) is 15.3 Å². The first-order chi connectivity index (χ1) is 6.26. The summed E-state index contributed by atoms with van der Waals surface area (Å²) < 4.78 is 0. The SMILES string of the molecule is OCC(CO)Nc1cc(Cl)ncn1. The summed E-state index contributed by atoms with van der Waals surface area (Å²) in [5.74, 6) is 0.480. The number of hydrogen-bond donors (Lipinski definition) is 3. The third-order valence-corrected chi connectivity index (χ3v) is 1.63. The molecule has 0 bridgehead atoms. The molecule has 0 aromatic carbocycles. The molecule has 6 heteroatoms. The summed E-state index contributed by atoms with van der Waals surface area (Å²) in [6.45, 7) is -0.337. The van der Waals surface area contributed by atoms with Crippen LogP contribution in [0.2, 0.25) is 5.15 Å². The lowest BCUT2D eigenvalue weighted by atomic mass is 10.3.